The zero-order valence-electron chi connectivity index (χ0n) is 36.4. The van der Waals surface area contributed by atoms with Crippen LogP contribution >= 0.6 is 0 Å². The molecule has 20 atom stereocenters. The number of hydrogen-bond acceptors (Lipinski definition) is 22. The summed E-state index contributed by atoms with van der Waals surface area (Å²) in [6.07, 6.45) is -25.0. The lowest BCUT2D eigenvalue weighted by atomic mass is 9.92. The molecule has 0 aromatic rings. The van der Waals surface area contributed by atoms with Gasteiger partial charge in [0.05, 0.1) is 25.9 Å². The van der Waals surface area contributed by atoms with Crippen LogP contribution in [0.4, 0.5) is 0 Å². The molecule has 0 aromatic carbocycles. The second-order valence-electron chi connectivity index (χ2n) is 16.2. The fourth-order valence-electron chi connectivity index (χ4n) is 8.05. The predicted octanol–water partition coefficient (Wildman–Crippen LogP) is -6.37. The maximum Gasteiger partial charge on any atom is 0.397 e. The highest BCUT2D eigenvalue weighted by Gasteiger charge is 2.56. The molecule has 4 heterocycles. The molecular weight excluding hydrogens is 900 g/mol. The molecule has 2 unspecified atom stereocenters. The molecule has 13 N–H and O–H groups in total. The third-order valence-electron chi connectivity index (χ3n) is 11.2. The number of hydrogen-bond donors (Lipinski definition) is 13. The van der Waals surface area contributed by atoms with Crippen molar-refractivity contribution >= 4 is 34.0 Å². The van der Waals surface area contributed by atoms with Crippen molar-refractivity contribution in [3.63, 3.8) is 0 Å². The molecule has 27 nitrogen and oxygen atoms in total. The summed E-state index contributed by atoms with van der Waals surface area (Å²) in [7, 11) is -5.13. The molecule has 4 aliphatic heterocycles. The summed E-state index contributed by atoms with van der Waals surface area (Å²) in [4.78, 5) is 49.9. The molecule has 4 amide bonds. The lowest BCUT2D eigenvalue weighted by Crippen LogP contribution is -2.71. The SMILES string of the molecule is CCCCCC(=O)N[C@H]1[C@H](O[C@H]2C(O)[C@@H](NC(C)=O)[C@H](O[C@H]3[C@H](O)[C@@H](NC(C)=O)[C@H](O[C@H]4C(O)[C@@H](NC(C)=O)[C@H](O)O[C@@H]4COS(=O)(=O)O)O[C@@H]3CO)O[C@@H]2CC)O[C@H](CO)[C@@H](O)[C@@H]1O. The second-order valence-corrected chi connectivity index (χ2v) is 17.3. The topological polar surface area (TPSA) is 406 Å². The van der Waals surface area contributed by atoms with Gasteiger partial charge in [0.2, 0.25) is 23.6 Å². The standard InChI is InChI=1S/C37H64N4O23S/c1-6-8-9-10-21(47)41-23-27(49)26(48)18(11-42)60-35(23)62-31-17(7-2)59-36(24(29(31)51)39-15(4)45)63-32-19(12-43)61-37(25(30(32)52)40-16(5)46)64-33-20(13-57-65(54,55)56)58-34(53)22(28(33)50)38-14(3)44/h17-20,22-37,42-43,48-53H,6-13H2,1-5H3,(H,38,44)(H,39,45)(H,40,46)(H,41,47)(H,54,55,56)/t17-,18-,19-,20-,22-,23-,24-,25-,26-,27-,28?,29?,30-,31-,32-,33-,34-,35+,36+,37+/m1/s1. The van der Waals surface area contributed by atoms with Gasteiger partial charge in [0.15, 0.2) is 25.2 Å². The number of carbonyl (C=O) groups is 4. The number of nitrogens with one attached hydrogen (secondary N) is 4. The van der Waals surface area contributed by atoms with Crippen molar-refractivity contribution in [2.45, 2.75) is 189 Å². The molecule has 4 rings (SSSR count). The Labute approximate surface area is 374 Å². The van der Waals surface area contributed by atoms with Gasteiger partial charge in [-0.05, 0) is 12.8 Å². The van der Waals surface area contributed by atoms with E-state index in [0.29, 0.717) is 6.42 Å². The smallest absolute Gasteiger partial charge is 0.394 e. The molecule has 0 bridgehead atoms. The molecule has 28 heteroatoms. The maximum absolute atomic E-state index is 12.9. The normalized spacial score (nSPS) is 40.1. The summed E-state index contributed by atoms with van der Waals surface area (Å²) in [6.45, 7) is 3.92. The van der Waals surface area contributed by atoms with Crippen LogP contribution in [0.25, 0.3) is 0 Å². The largest absolute Gasteiger partial charge is 0.397 e. The number of aliphatic hydroxyl groups excluding tert-OH is 8. The molecular formula is C37H64N4O23S. The summed E-state index contributed by atoms with van der Waals surface area (Å²) in [6, 6.07) is -6.29. The van der Waals surface area contributed by atoms with E-state index in [1.165, 1.54) is 0 Å². The number of amides is 4. The molecule has 4 fully saturated rings. The van der Waals surface area contributed by atoms with Crippen molar-refractivity contribution in [2.24, 2.45) is 0 Å². The lowest BCUT2D eigenvalue weighted by Gasteiger charge is -2.51. The number of carbonyl (C=O) groups excluding carboxylic acids is 4. The first-order valence-corrected chi connectivity index (χ1v) is 22.5. The van der Waals surface area contributed by atoms with E-state index >= 15 is 0 Å². The number of ether oxygens (including phenoxy) is 7. The third-order valence-corrected chi connectivity index (χ3v) is 11.6. The van der Waals surface area contributed by atoms with Gasteiger partial charge in [-0.25, -0.2) is 4.18 Å². The number of unbranched alkanes of at least 4 members (excludes halogenated alkanes) is 2. The van der Waals surface area contributed by atoms with Crippen LogP contribution in [0.1, 0.15) is 66.7 Å². The van der Waals surface area contributed by atoms with Gasteiger partial charge >= 0.3 is 10.4 Å². The predicted molar refractivity (Wildman–Crippen MR) is 212 cm³/mol. The van der Waals surface area contributed by atoms with Crippen molar-refractivity contribution < 1.29 is 110 Å². The maximum atomic E-state index is 12.9. The van der Waals surface area contributed by atoms with Crippen LogP contribution in [0.5, 0.6) is 0 Å². The molecule has 65 heavy (non-hydrogen) atoms. The molecule has 0 saturated carbocycles. The van der Waals surface area contributed by atoms with Gasteiger partial charge in [-0.15, -0.1) is 0 Å². The van der Waals surface area contributed by atoms with Gasteiger partial charge in [-0.2, -0.15) is 8.42 Å². The number of rotatable bonds is 20. The summed E-state index contributed by atoms with van der Waals surface area (Å²) >= 11 is 0. The minimum Gasteiger partial charge on any atom is -0.394 e. The van der Waals surface area contributed by atoms with Gasteiger partial charge in [0.1, 0.15) is 91.3 Å². The molecule has 4 aliphatic rings. The zero-order chi connectivity index (χ0) is 48.5. The third kappa shape index (κ3) is 14.3. The Morgan fingerprint density at radius 1 is 0.554 bits per heavy atom. The molecule has 0 aromatic heterocycles. The Bertz CT molecular complexity index is 1690. The fourth-order valence-corrected chi connectivity index (χ4v) is 8.36. The van der Waals surface area contributed by atoms with Crippen molar-refractivity contribution in [3.8, 4) is 0 Å². The van der Waals surface area contributed by atoms with E-state index < -0.39 is 176 Å². The van der Waals surface area contributed by atoms with Crippen molar-refractivity contribution in [1.29, 1.82) is 0 Å². The molecule has 376 valence electrons. The van der Waals surface area contributed by atoms with Crippen LogP contribution in [0, 0.1) is 0 Å². The van der Waals surface area contributed by atoms with Gasteiger partial charge in [-0.1, -0.05) is 26.7 Å². The summed E-state index contributed by atoms with van der Waals surface area (Å²) in [5.41, 5.74) is 0. The Hall–Kier alpha value is -2.85. The number of aliphatic hydroxyl groups is 8. The van der Waals surface area contributed by atoms with E-state index in [0.717, 1.165) is 33.6 Å². The Morgan fingerprint density at radius 2 is 0.985 bits per heavy atom. The summed E-state index contributed by atoms with van der Waals surface area (Å²) < 4.78 is 78.1. The van der Waals surface area contributed by atoms with Gasteiger partial charge in [-0.3, -0.25) is 23.7 Å². The van der Waals surface area contributed by atoms with Crippen LogP contribution in [-0.4, -0.2) is 220 Å². The van der Waals surface area contributed by atoms with Gasteiger partial charge < -0.3 is 95.3 Å². The second kappa shape index (κ2) is 24.4. The first kappa shape index (κ1) is 54.8. The quantitative estimate of drug-likeness (QED) is 0.0399. The van der Waals surface area contributed by atoms with Crippen molar-refractivity contribution in [3.05, 3.63) is 0 Å². The van der Waals surface area contributed by atoms with Crippen LogP contribution in [-0.2, 0) is 66.9 Å². The Morgan fingerprint density at radius 3 is 1.45 bits per heavy atom. The molecule has 4 saturated heterocycles. The lowest BCUT2D eigenvalue weighted by molar-refractivity contribution is -0.360. The first-order valence-electron chi connectivity index (χ1n) is 21.2. The van der Waals surface area contributed by atoms with Crippen molar-refractivity contribution in [2.75, 3.05) is 19.8 Å². The summed E-state index contributed by atoms with van der Waals surface area (Å²) in [5.74, 6) is -2.77. The van der Waals surface area contributed by atoms with E-state index in [4.69, 9.17) is 33.2 Å². The average molecular weight is 965 g/mol. The minimum atomic E-state index is -5.13. The van der Waals surface area contributed by atoms with E-state index in [-0.39, 0.29) is 12.8 Å². The minimum absolute atomic E-state index is 0.0454. The first-order chi connectivity index (χ1) is 30.5. The van der Waals surface area contributed by atoms with Crippen LogP contribution in [0.15, 0.2) is 0 Å². The van der Waals surface area contributed by atoms with E-state index in [1.807, 2.05) is 6.92 Å². The molecule has 0 radical (unpaired) electrons. The highest BCUT2D eigenvalue weighted by molar-refractivity contribution is 7.80. The highest BCUT2D eigenvalue weighted by atomic mass is 32.3. The van der Waals surface area contributed by atoms with Crippen LogP contribution in [0.2, 0.25) is 0 Å². The fraction of sp³-hybridized carbons (Fsp3) is 0.892. The van der Waals surface area contributed by atoms with Crippen molar-refractivity contribution in [1.82, 2.24) is 21.3 Å². The van der Waals surface area contributed by atoms with Gasteiger partial charge in [0.25, 0.3) is 0 Å². The van der Waals surface area contributed by atoms with Gasteiger partial charge in [0, 0.05) is 27.2 Å². The highest BCUT2D eigenvalue weighted by Crippen LogP contribution is 2.35. The van der Waals surface area contributed by atoms with Crippen LogP contribution < -0.4 is 21.3 Å². The monoisotopic (exact) mass is 964 g/mol. The molecule has 0 aliphatic carbocycles. The van der Waals surface area contributed by atoms with E-state index in [9.17, 15) is 73.0 Å². The van der Waals surface area contributed by atoms with Crippen LogP contribution in [0.3, 0.4) is 0 Å². The zero-order valence-corrected chi connectivity index (χ0v) is 37.2. The van der Waals surface area contributed by atoms with E-state index in [1.54, 1.807) is 6.92 Å². The Balaban J connectivity index is 1.63. The molecule has 0 spiro atoms. The van der Waals surface area contributed by atoms with E-state index in [2.05, 4.69) is 25.5 Å². The Kier molecular flexibility index (Phi) is 20.6. The summed E-state index contributed by atoms with van der Waals surface area (Å²) in [5, 5.41) is 97.5. The average Bonchev–Trinajstić information content (AvgIpc) is 3.22.